The van der Waals surface area contributed by atoms with Crippen molar-refractivity contribution in [2.45, 2.75) is 0 Å². The van der Waals surface area contributed by atoms with Crippen molar-refractivity contribution in [3.63, 3.8) is 0 Å². The lowest BCUT2D eigenvalue weighted by Gasteiger charge is -2.00. The second-order valence-corrected chi connectivity index (χ2v) is 5.15. The Morgan fingerprint density at radius 3 is 2.70 bits per heavy atom. The molecule has 0 aliphatic rings. The van der Waals surface area contributed by atoms with E-state index in [1.54, 1.807) is 17.5 Å². The summed E-state index contributed by atoms with van der Waals surface area (Å²) in [7, 11) is 0. The summed E-state index contributed by atoms with van der Waals surface area (Å²) >= 11 is 1.27. The maximum absolute atomic E-state index is 13.7. The summed E-state index contributed by atoms with van der Waals surface area (Å²) in [6.07, 6.45) is 0. The van der Waals surface area contributed by atoms with Gasteiger partial charge in [0.15, 0.2) is 0 Å². The highest BCUT2D eigenvalue weighted by molar-refractivity contribution is 7.13. The summed E-state index contributed by atoms with van der Waals surface area (Å²) in [6.45, 7) is 0. The Morgan fingerprint density at radius 1 is 1.05 bits per heavy atom. The molecule has 0 spiro atoms. The molecular weight excluding hydrogens is 278 g/mol. The molecule has 0 atom stereocenters. The highest BCUT2D eigenvalue weighted by Gasteiger charge is 2.12. The molecule has 0 saturated heterocycles. The summed E-state index contributed by atoms with van der Waals surface area (Å²) < 4.78 is 26.9. The largest absolute Gasteiger partial charge is 0.399 e. The first-order chi connectivity index (χ1) is 9.63. The summed E-state index contributed by atoms with van der Waals surface area (Å²) in [5, 5.41) is 2.24. The summed E-state index contributed by atoms with van der Waals surface area (Å²) in [5.41, 5.74) is 8.08. The first-order valence-electron chi connectivity index (χ1n) is 5.90. The second-order valence-electron chi connectivity index (χ2n) is 4.29. The van der Waals surface area contributed by atoms with Crippen LogP contribution in [0, 0.1) is 11.6 Å². The van der Waals surface area contributed by atoms with Gasteiger partial charge in [-0.05, 0) is 30.3 Å². The zero-order chi connectivity index (χ0) is 14.1. The molecule has 1 heterocycles. The van der Waals surface area contributed by atoms with Gasteiger partial charge >= 0.3 is 0 Å². The van der Waals surface area contributed by atoms with Crippen molar-refractivity contribution >= 4 is 17.0 Å². The molecule has 0 bridgehead atoms. The van der Waals surface area contributed by atoms with Crippen molar-refractivity contribution in [3.05, 3.63) is 59.5 Å². The standard InChI is InChI=1S/C15H10F2N2S/c16-10-4-5-13(17)12(7-10)15-19-14(8-20-15)9-2-1-3-11(18)6-9/h1-8H,18H2. The number of hydrogen-bond donors (Lipinski definition) is 1. The molecule has 0 radical (unpaired) electrons. The second kappa shape index (κ2) is 5.02. The number of benzene rings is 2. The SMILES string of the molecule is Nc1cccc(-c2csc(-c3cc(F)ccc3F)n2)c1. The first-order valence-corrected chi connectivity index (χ1v) is 6.78. The van der Waals surface area contributed by atoms with E-state index in [1.165, 1.54) is 11.3 Å². The first kappa shape index (κ1) is 12.7. The highest BCUT2D eigenvalue weighted by atomic mass is 32.1. The number of nitrogens with zero attached hydrogens (tertiary/aromatic N) is 1. The van der Waals surface area contributed by atoms with Crippen LogP contribution in [0.3, 0.4) is 0 Å². The van der Waals surface area contributed by atoms with Gasteiger partial charge in [0.1, 0.15) is 16.6 Å². The Bertz CT molecular complexity index is 768. The van der Waals surface area contributed by atoms with Gasteiger partial charge in [0.25, 0.3) is 0 Å². The molecule has 5 heteroatoms. The average molecular weight is 288 g/mol. The normalized spacial score (nSPS) is 10.7. The minimum absolute atomic E-state index is 0.171. The van der Waals surface area contributed by atoms with Gasteiger partial charge < -0.3 is 5.73 Å². The average Bonchev–Trinajstić information content (AvgIpc) is 2.91. The Kier molecular flexibility index (Phi) is 3.20. The van der Waals surface area contributed by atoms with E-state index in [9.17, 15) is 8.78 Å². The van der Waals surface area contributed by atoms with Crippen LogP contribution in [-0.4, -0.2) is 4.98 Å². The van der Waals surface area contributed by atoms with Gasteiger partial charge in [-0.15, -0.1) is 11.3 Å². The van der Waals surface area contributed by atoms with E-state index < -0.39 is 11.6 Å². The van der Waals surface area contributed by atoms with Crippen LogP contribution in [-0.2, 0) is 0 Å². The number of nitrogens with two attached hydrogens (primary N) is 1. The van der Waals surface area contributed by atoms with E-state index in [0.717, 1.165) is 23.8 Å². The summed E-state index contributed by atoms with van der Waals surface area (Å²) in [4.78, 5) is 4.35. The third-order valence-electron chi connectivity index (χ3n) is 2.85. The minimum atomic E-state index is -0.486. The lowest BCUT2D eigenvalue weighted by Crippen LogP contribution is -1.87. The Hall–Kier alpha value is -2.27. The maximum Gasteiger partial charge on any atom is 0.133 e. The van der Waals surface area contributed by atoms with Crippen LogP contribution in [0.15, 0.2) is 47.8 Å². The van der Waals surface area contributed by atoms with E-state index in [0.29, 0.717) is 16.4 Å². The van der Waals surface area contributed by atoms with E-state index in [1.807, 2.05) is 12.1 Å². The van der Waals surface area contributed by atoms with E-state index in [-0.39, 0.29) is 5.56 Å². The maximum atomic E-state index is 13.7. The van der Waals surface area contributed by atoms with Crippen LogP contribution in [0.25, 0.3) is 21.8 Å². The van der Waals surface area contributed by atoms with Gasteiger partial charge in [0.2, 0.25) is 0 Å². The van der Waals surface area contributed by atoms with Crippen molar-refractivity contribution in [3.8, 4) is 21.8 Å². The molecule has 0 unspecified atom stereocenters. The number of rotatable bonds is 2. The fraction of sp³-hybridized carbons (Fsp3) is 0. The zero-order valence-electron chi connectivity index (χ0n) is 10.3. The monoisotopic (exact) mass is 288 g/mol. The van der Waals surface area contributed by atoms with Crippen LogP contribution in [0.5, 0.6) is 0 Å². The molecule has 2 aromatic carbocycles. The molecule has 0 aliphatic carbocycles. The number of halogens is 2. The summed E-state index contributed by atoms with van der Waals surface area (Å²) in [5.74, 6) is -0.970. The number of aromatic nitrogens is 1. The predicted octanol–water partition coefficient (Wildman–Crippen LogP) is 4.34. The number of thiazole rings is 1. The van der Waals surface area contributed by atoms with Crippen LogP contribution in [0.2, 0.25) is 0 Å². The van der Waals surface area contributed by atoms with Gasteiger partial charge in [-0.2, -0.15) is 0 Å². The Labute approximate surface area is 118 Å². The molecule has 2 N–H and O–H groups in total. The fourth-order valence-corrected chi connectivity index (χ4v) is 2.74. The lowest BCUT2D eigenvalue weighted by molar-refractivity contribution is 0.603. The van der Waals surface area contributed by atoms with Gasteiger partial charge in [0.05, 0.1) is 5.69 Å². The lowest BCUT2D eigenvalue weighted by atomic mass is 10.1. The predicted molar refractivity (Wildman–Crippen MR) is 77.3 cm³/mol. The van der Waals surface area contributed by atoms with Crippen molar-refractivity contribution in [1.29, 1.82) is 0 Å². The Balaban J connectivity index is 2.04. The molecule has 0 aliphatic heterocycles. The van der Waals surface area contributed by atoms with E-state index in [2.05, 4.69) is 4.98 Å². The van der Waals surface area contributed by atoms with Gasteiger partial charge in [-0.25, -0.2) is 13.8 Å². The third kappa shape index (κ3) is 2.40. The molecule has 0 fully saturated rings. The number of anilines is 1. The quantitative estimate of drug-likeness (QED) is 0.712. The van der Waals surface area contributed by atoms with Crippen LogP contribution < -0.4 is 5.73 Å². The van der Waals surface area contributed by atoms with Crippen molar-refractivity contribution in [2.75, 3.05) is 5.73 Å². The van der Waals surface area contributed by atoms with Gasteiger partial charge in [-0.3, -0.25) is 0 Å². The topological polar surface area (TPSA) is 38.9 Å². The van der Waals surface area contributed by atoms with Crippen LogP contribution in [0.4, 0.5) is 14.5 Å². The molecule has 100 valence electrons. The van der Waals surface area contributed by atoms with Gasteiger partial charge in [-0.1, -0.05) is 12.1 Å². The molecular formula is C15H10F2N2S. The molecule has 1 aromatic heterocycles. The van der Waals surface area contributed by atoms with E-state index >= 15 is 0 Å². The van der Waals surface area contributed by atoms with Crippen LogP contribution >= 0.6 is 11.3 Å². The van der Waals surface area contributed by atoms with Crippen molar-refractivity contribution in [2.24, 2.45) is 0 Å². The molecule has 20 heavy (non-hydrogen) atoms. The smallest absolute Gasteiger partial charge is 0.133 e. The minimum Gasteiger partial charge on any atom is -0.399 e. The molecule has 2 nitrogen and oxygen atoms in total. The Morgan fingerprint density at radius 2 is 1.90 bits per heavy atom. The van der Waals surface area contributed by atoms with Crippen LogP contribution in [0.1, 0.15) is 0 Å². The summed E-state index contributed by atoms with van der Waals surface area (Å²) in [6, 6.07) is 10.6. The van der Waals surface area contributed by atoms with Gasteiger partial charge in [0, 0.05) is 22.2 Å². The number of nitrogen functional groups attached to an aromatic ring is 1. The molecule has 0 amide bonds. The van der Waals surface area contributed by atoms with Crippen molar-refractivity contribution < 1.29 is 8.78 Å². The molecule has 0 saturated carbocycles. The highest BCUT2D eigenvalue weighted by Crippen LogP contribution is 2.31. The van der Waals surface area contributed by atoms with E-state index in [4.69, 9.17) is 5.73 Å². The fourth-order valence-electron chi connectivity index (χ4n) is 1.89. The molecule has 3 rings (SSSR count). The zero-order valence-corrected chi connectivity index (χ0v) is 11.1. The van der Waals surface area contributed by atoms with Crippen molar-refractivity contribution in [1.82, 2.24) is 4.98 Å². The third-order valence-corrected chi connectivity index (χ3v) is 3.72. The molecule has 3 aromatic rings. The number of hydrogen-bond acceptors (Lipinski definition) is 3.